The predicted molar refractivity (Wildman–Crippen MR) is 81.1 cm³/mol. The van der Waals surface area contributed by atoms with Gasteiger partial charge in [0.2, 0.25) is 0 Å². The maximum absolute atomic E-state index is 9.41. The Balaban J connectivity index is 1.97. The van der Waals surface area contributed by atoms with Crippen LogP contribution in [0, 0.1) is 11.3 Å². The molecule has 0 saturated carbocycles. The van der Waals surface area contributed by atoms with Crippen LogP contribution in [0.4, 0.5) is 0 Å². The Morgan fingerprint density at radius 2 is 2.14 bits per heavy atom. The summed E-state index contributed by atoms with van der Waals surface area (Å²) in [4.78, 5) is 2.12. The van der Waals surface area contributed by atoms with Gasteiger partial charge in [-0.1, -0.05) is 0 Å². The molecule has 21 heavy (non-hydrogen) atoms. The van der Waals surface area contributed by atoms with Gasteiger partial charge < -0.3 is 14.2 Å². The third-order valence-corrected chi connectivity index (χ3v) is 4.18. The van der Waals surface area contributed by atoms with Gasteiger partial charge in [-0.3, -0.25) is 4.90 Å². The predicted octanol–water partition coefficient (Wildman–Crippen LogP) is 2.42. The van der Waals surface area contributed by atoms with E-state index in [9.17, 15) is 5.26 Å². The third kappa shape index (κ3) is 2.77. The van der Waals surface area contributed by atoms with E-state index < -0.39 is 0 Å². The van der Waals surface area contributed by atoms with Gasteiger partial charge in [-0.25, -0.2) is 0 Å². The number of nitrogens with zero attached hydrogens (tertiary/aromatic N) is 2. The van der Waals surface area contributed by atoms with Gasteiger partial charge in [0, 0.05) is 18.7 Å². The second-order valence-corrected chi connectivity index (χ2v) is 5.71. The molecule has 5 nitrogen and oxygen atoms in total. The minimum Gasteiger partial charge on any atom is -0.497 e. The van der Waals surface area contributed by atoms with E-state index in [4.69, 9.17) is 14.2 Å². The lowest BCUT2D eigenvalue weighted by Crippen LogP contribution is -2.47. The molecule has 1 atom stereocenters. The maximum atomic E-state index is 9.41. The SMILES string of the molecule is COc1cc(Br)c2c(c1)C=C(C#N)C(N1CCOCC1)O2. The molecule has 2 aliphatic heterocycles. The van der Waals surface area contributed by atoms with Gasteiger partial charge in [-0.05, 0) is 34.1 Å². The van der Waals surface area contributed by atoms with Crippen LogP contribution < -0.4 is 9.47 Å². The van der Waals surface area contributed by atoms with Crippen LogP contribution in [0.15, 0.2) is 22.2 Å². The standard InChI is InChI=1S/C15H15BrN2O3/c1-19-12-7-10-6-11(9-17)15(18-2-4-20-5-3-18)21-14(10)13(16)8-12/h6-8,15H,2-5H2,1H3. The van der Waals surface area contributed by atoms with E-state index in [1.807, 2.05) is 18.2 Å². The fourth-order valence-corrected chi connectivity index (χ4v) is 3.07. The minimum atomic E-state index is -0.351. The molecule has 1 aromatic carbocycles. The summed E-state index contributed by atoms with van der Waals surface area (Å²) in [6.45, 7) is 2.84. The molecule has 3 rings (SSSR count). The van der Waals surface area contributed by atoms with Crippen molar-refractivity contribution in [3.63, 3.8) is 0 Å². The summed E-state index contributed by atoms with van der Waals surface area (Å²) >= 11 is 3.51. The average molecular weight is 351 g/mol. The van der Waals surface area contributed by atoms with Crippen molar-refractivity contribution in [1.29, 1.82) is 5.26 Å². The van der Waals surface area contributed by atoms with Crippen LogP contribution in [0.5, 0.6) is 11.5 Å². The van der Waals surface area contributed by atoms with Crippen LogP contribution in [0.3, 0.4) is 0 Å². The van der Waals surface area contributed by atoms with Crippen LogP contribution in [0.1, 0.15) is 5.56 Å². The van der Waals surface area contributed by atoms with Gasteiger partial charge in [0.05, 0.1) is 30.4 Å². The lowest BCUT2D eigenvalue weighted by atomic mass is 10.0. The van der Waals surface area contributed by atoms with Crippen LogP contribution in [0.25, 0.3) is 6.08 Å². The van der Waals surface area contributed by atoms with Gasteiger partial charge in [0.25, 0.3) is 0 Å². The second kappa shape index (κ2) is 6.06. The summed E-state index contributed by atoms with van der Waals surface area (Å²) in [6, 6.07) is 5.98. The molecule has 1 aromatic rings. The summed E-state index contributed by atoms with van der Waals surface area (Å²) in [5, 5.41) is 9.41. The number of methoxy groups -OCH3 is 1. The van der Waals surface area contributed by atoms with Crippen LogP contribution in [-0.4, -0.2) is 44.5 Å². The van der Waals surface area contributed by atoms with Gasteiger partial charge in [0.15, 0.2) is 6.23 Å². The second-order valence-electron chi connectivity index (χ2n) is 4.86. The Hall–Kier alpha value is -1.55. The zero-order chi connectivity index (χ0) is 14.8. The van der Waals surface area contributed by atoms with Crippen molar-refractivity contribution in [1.82, 2.24) is 4.90 Å². The molecule has 1 fully saturated rings. The number of nitriles is 1. The fraction of sp³-hybridized carbons (Fsp3) is 0.400. The van der Waals surface area contributed by atoms with Crippen LogP contribution in [0.2, 0.25) is 0 Å². The van der Waals surface area contributed by atoms with Gasteiger partial charge >= 0.3 is 0 Å². The van der Waals surface area contributed by atoms with Crippen molar-refractivity contribution in [3.05, 3.63) is 27.7 Å². The average Bonchev–Trinajstić information content (AvgIpc) is 2.54. The highest BCUT2D eigenvalue weighted by molar-refractivity contribution is 9.10. The lowest BCUT2D eigenvalue weighted by Gasteiger charge is -2.36. The summed E-state index contributed by atoms with van der Waals surface area (Å²) in [5.74, 6) is 1.47. The number of morpholine rings is 1. The smallest absolute Gasteiger partial charge is 0.189 e. The Kier molecular flexibility index (Phi) is 4.15. The van der Waals surface area contributed by atoms with Gasteiger partial charge in [-0.2, -0.15) is 5.26 Å². The molecule has 2 heterocycles. The molecule has 110 valence electrons. The number of rotatable bonds is 2. The Bertz CT molecular complexity index is 618. The van der Waals surface area contributed by atoms with Crippen molar-refractivity contribution in [3.8, 4) is 17.6 Å². The topological polar surface area (TPSA) is 54.7 Å². The third-order valence-electron chi connectivity index (χ3n) is 3.59. The zero-order valence-corrected chi connectivity index (χ0v) is 13.2. The normalized spacial score (nSPS) is 21.8. The lowest BCUT2D eigenvalue weighted by molar-refractivity contribution is -0.0292. The Morgan fingerprint density at radius 1 is 1.38 bits per heavy atom. The molecule has 0 aliphatic carbocycles. The quantitative estimate of drug-likeness (QED) is 0.819. The number of hydrogen-bond donors (Lipinski definition) is 0. The monoisotopic (exact) mass is 350 g/mol. The highest BCUT2D eigenvalue weighted by Crippen LogP contribution is 2.39. The van der Waals surface area contributed by atoms with E-state index in [0.717, 1.165) is 34.6 Å². The molecule has 0 radical (unpaired) electrons. The fourth-order valence-electron chi connectivity index (χ4n) is 2.52. The molecule has 0 amide bonds. The van der Waals surface area contributed by atoms with Gasteiger partial charge in [-0.15, -0.1) is 0 Å². The van der Waals surface area contributed by atoms with E-state index in [-0.39, 0.29) is 6.23 Å². The van der Waals surface area contributed by atoms with E-state index in [1.165, 1.54) is 0 Å². The first-order valence-corrected chi connectivity index (χ1v) is 7.50. The highest BCUT2D eigenvalue weighted by atomic mass is 79.9. The van der Waals surface area contributed by atoms with E-state index in [1.54, 1.807) is 7.11 Å². The Morgan fingerprint density at radius 3 is 2.81 bits per heavy atom. The summed E-state index contributed by atoms with van der Waals surface area (Å²) < 4.78 is 17.5. The summed E-state index contributed by atoms with van der Waals surface area (Å²) in [7, 11) is 1.61. The first-order valence-electron chi connectivity index (χ1n) is 6.70. The molecule has 0 N–H and O–H groups in total. The molecule has 0 aromatic heterocycles. The molecular formula is C15H15BrN2O3. The molecule has 0 bridgehead atoms. The molecule has 6 heteroatoms. The van der Waals surface area contributed by atoms with E-state index >= 15 is 0 Å². The first kappa shape index (κ1) is 14.4. The van der Waals surface area contributed by atoms with Crippen molar-refractivity contribution >= 4 is 22.0 Å². The molecular weight excluding hydrogens is 336 g/mol. The molecule has 1 saturated heterocycles. The number of benzene rings is 1. The molecule has 1 unspecified atom stereocenters. The molecule has 0 spiro atoms. The largest absolute Gasteiger partial charge is 0.497 e. The number of ether oxygens (including phenoxy) is 3. The van der Waals surface area contributed by atoms with Crippen molar-refractivity contribution in [2.45, 2.75) is 6.23 Å². The number of halogens is 1. The van der Waals surface area contributed by atoms with Crippen molar-refractivity contribution < 1.29 is 14.2 Å². The highest BCUT2D eigenvalue weighted by Gasteiger charge is 2.31. The Labute approximate surface area is 131 Å². The van der Waals surface area contributed by atoms with Gasteiger partial charge in [0.1, 0.15) is 17.6 Å². The van der Waals surface area contributed by atoms with Crippen LogP contribution in [-0.2, 0) is 4.74 Å². The first-order chi connectivity index (χ1) is 10.2. The minimum absolute atomic E-state index is 0.351. The summed E-state index contributed by atoms with van der Waals surface area (Å²) in [5.41, 5.74) is 1.45. The van der Waals surface area contributed by atoms with Crippen molar-refractivity contribution in [2.24, 2.45) is 0 Å². The number of hydrogen-bond acceptors (Lipinski definition) is 5. The summed E-state index contributed by atoms with van der Waals surface area (Å²) in [6.07, 6.45) is 1.52. The van der Waals surface area contributed by atoms with E-state index in [0.29, 0.717) is 18.8 Å². The van der Waals surface area contributed by atoms with Crippen molar-refractivity contribution in [2.75, 3.05) is 33.4 Å². The zero-order valence-electron chi connectivity index (χ0n) is 11.6. The maximum Gasteiger partial charge on any atom is 0.189 e. The number of fused-ring (bicyclic) bond motifs is 1. The van der Waals surface area contributed by atoms with E-state index in [2.05, 4.69) is 26.9 Å². The molecule has 2 aliphatic rings. The van der Waals surface area contributed by atoms with Crippen LogP contribution >= 0.6 is 15.9 Å².